The summed E-state index contributed by atoms with van der Waals surface area (Å²) in [6.45, 7) is 2.27. The van der Waals surface area contributed by atoms with Crippen molar-refractivity contribution in [3.63, 3.8) is 0 Å². The van der Waals surface area contributed by atoms with Crippen molar-refractivity contribution < 1.29 is 19.1 Å². The van der Waals surface area contributed by atoms with Gasteiger partial charge in [-0.3, -0.25) is 4.79 Å². The van der Waals surface area contributed by atoms with Gasteiger partial charge in [-0.2, -0.15) is 0 Å². The van der Waals surface area contributed by atoms with E-state index in [4.69, 9.17) is 32.7 Å². The first-order chi connectivity index (χ1) is 11.9. The summed E-state index contributed by atoms with van der Waals surface area (Å²) in [4.78, 5) is 25.4. The second kappa shape index (κ2) is 6.25. The molecule has 0 aromatic heterocycles. The quantitative estimate of drug-likeness (QED) is 0.866. The van der Waals surface area contributed by atoms with Crippen LogP contribution in [0.1, 0.15) is 12.8 Å². The maximum atomic E-state index is 12.4. The normalized spacial score (nSPS) is 28.2. The molecule has 3 aliphatic rings. The summed E-state index contributed by atoms with van der Waals surface area (Å²) in [6.07, 6.45) is 0.943. The number of amides is 2. The Morgan fingerprint density at radius 2 is 2.12 bits per heavy atom. The highest BCUT2D eigenvalue weighted by Crippen LogP contribution is 2.42. The van der Waals surface area contributed by atoms with Crippen LogP contribution in [0, 0.1) is 11.8 Å². The lowest BCUT2D eigenvalue weighted by molar-refractivity contribution is -0.148. The molecule has 0 bridgehead atoms. The molecule has 134 valence electrons. The summed E-state index contributed by atoms with van der Waals surface area (Å²) in [7, 11) is 0. The number of rotatable bonds is 4. The number of ether oxygens (including phenoxy) is 2. The molecule has 4 rings (SSSR count). The van der Waals surface area contributed by atoms with Gasteiger partial charge in [0.1, 0.15) is 12.4 Å². The third-order valence-corrected chi connectivity index (χ3v) is 5.64. The third kappa shape index (κ3) is 3.25. The number of halogens is 2. The molecule has 0 atom stereocenters. The van der Waals surface area contributed by atoms with E-state index in [0.29, 0.717) is 60.9 Å². The van der Waals surface area contributed by atoms with Crippen molar-refractivity contribution in [1.82, 2.24) is 10.2 Å². The Hall–Kier alpha value is -1.66. The van der Waals surface area contributed by atoms with Crippen LogP contribution in [-0.4, -0.2) is 48.7 Å². The lowest BCUT2D eigenvalue weighted by Gasteiger charge is -2.47. The van der Waals surface area contributed by atoms with Crippen LogP contribution in [0.4, 0.5) is 4.79 Å². The van der Waals surface area contributed by atoms with Crippen LogP contribution in [-0.2, 0) is 9.53 Å². The summed E-state index contributed by atoms with van der Waals surface area (Å²) >= 11 is 11.9. The molecule has 2 heterocycles. The zero-order valence-electron chi connectivity index (χ0n) is 13.5. The molecule has 1 aromatic carbocycles. The number of nitrogens with one attached hydrogen (secondary N) is 1. The Labute approximate surface area is 155 Å². The van der Waals surface area contributed by atoms with E-state index < -0.39 is 0 Å². The highest BCUT2D eigenvalue weighted by molar-refractivity contribution is 6.35. The Bertz CT molecular complexity index is 715. The molecule has 1 aromatic rings. The van der Waals surface area contributed by atoms with E-state index in [9.17, 15) is 9.59 Å². The van der Waals surface area contributed by atoms with Crippen LogP contribution in [0.3, 0.4) is 0 Å². The molecule has 1 spiro atoms. The first-order valence-corrected chi connectivity index (χ1v) is 9.01. The number of hydrogen-bond donors (Lipinski definition) is 1. The predicted octanol–water partition coefficient (Wildman–Crippen LogP) is 2.72. The standard InChI is InChI=1S/C17H18Cl2N2O4/c18-12-1-2-14(13(19)3-12)24-8-10-6-21(7-10)15(22)11-4-17(5-11)9-25-16(23)20-17/h1-3,10-11H,4-9H2,(H,20,23). The summed E-state index contributed by atoms with van der Waals surface area (Å²) in [5.41, 5.74) is -0.309. The van der Waals surface area contributed by atoms with Gasteiger partial charge in [0.15, 0.2) is 0 Å². The van der Waals surface area contributed by atoms with Gasteiger partial charge in [-0.15, -0.1) is 0 Å². The van der Waals surface area contributed by atoms with E-state index in [1.54, 1.807) is 18.2 Å². The van der Waals surface area contributed by atoms with E-state index in [0.717, 1.165) is 0 Å². The van der Waals surface area contributed by atoms with Crippen molar-refractivity contribution in [2.45, 2.75) is 18.4 Å². The van der Waals surface area contributed by atoms with E-state index >= 15 is 0 Å². The summed E-state index contributed by atoms with van der Waals surface area (Å²) in [5.74, 6) is 1.05. The van der Waals surface area contributed by atoms with Crippen molar-refractivity contribution in [3.8, 4) is 5.75 Å². The fourth-order valence-electron chi connectivity index (χ4n) is 3.68. The molecule has 0 radical (unpaired) electrons. The highest BCUT2D eigenvalue weighted by Gasteiger charge is 2.54. The largest absolute Gasteiger partial charge is 0.492 e. The monoisotopic (exact) mass is 384 g/mol. The maximum absolute atomic E-state index is 12.4. The van der Waals surface area contributed by atoms with Crippen molar-refractivity contribution in [2.24, 2.45) is 11.8 Å². The summed E-state index contributed by atoms with van der Waals surface area (Å²) in [6, 6.07) is 5.13. The number of carbonyl (C=O) groups is 2. The average Bonchev–Trinajstić information content (AvgIpc) is 2.88. The third-order valence-electron chi connectivity index (χ3n) is 5.11. The molecular formula is C17H18Cl2N2O4. The number of carbonyl (C=O) groups excluding carboxylic acids is 2. The number of benzene rings is 1. The predicted molar refractivity (Wildman–Crippen MR) is 92.0 cm³/mol. The summed E-state index contributed by atoms with van der Waals surface area (Å²) in [5, 5.41) is 3.86. The SMILES string of the molecule is O=C1NC2(CO1)CC(C(=O)N1CC(COc3ccc(Cl)cc3Cl)C1)C2. The minimum Gasteiger partial charge on any atom is -0.492 e. The molecule has 2 aliphatic heterocycles. The zero-order chi connectivity index (χ0) is 17.6. The minimum atomic E-state index is -0.382. The Morgan fingerprint density at radius 3 is 2.76 bits per heavy atom. The fraction of sp³-hybridized carbons (Fsp3) is 0.529. The Balaban J connectivity index is 1.20. The number of nitrogens with zero attached hydrogens (tertiary/aromatic N) is 1. The van der Waals surface area contributed by atoms with Crippen LogP contribution in [0.5, 0.6) is 5.75 Å². The van der Waals surface area contributed by atoms with Gasteiger partial charge in [0.25, 0.3) is 0 Å². The molecule has 2 amide bonds. The topological polar surface area (TPSA) is 67.9 Å². The van der Waals surface area contributed by atoms with Gasteiger partial charge in [-0.1, -0.05) is 23.2 Å². The Kier molecular flexibility index (Phi) is 4.20. The van der Waals surface area contributed by atoms with Gasteiger partial charge in [-0.05, 0) is 31.0 Å². The van der Waals surface area contributed by atoms with Crippen molar-refractivity contribution >= 4 is 35.2 Å². The fourth-order valence-corrected chi connectivity index (χ4v) is 4.15. The van der Waals surface area contributed by atoms with Gasteiger partial charge >= 0.3 is 6.09 Å². The molecule has 8 heteroatoms. The van der Waals surface area contributed by atoms with Crippen LogP contribution in [0.25, 0.3) is 0 Å². The van der Waals surface area contributed by atoms with E-state index in [1.807, 2.05) is 4.90 Å². The molecule has 0 unspecified atom stereocenters. The second-order valence-corrected chi connectivity index (χ2v) is 7.93. The van der Waals surface area contributed by atoms with Gasteiger partial charge in [0, 0.05) is 29.9 Å². The molecular weight excluding hydrogens is 367 g/mol. The minimum absolute atomic E-state index is 0.0189. The van der Waals surface area contributed by atoms with E-state index in [1.165, 1.54) is 0 Å². The number of hydrogen-bond acceptors (Lipinski definition) is 4. The van der Waals surface area contributed by atoms with E-state index in [2.05, 4.69) is 5.32 Å². The molecule has 25 heavy (non-hydrogen) atoms. The van der Waals surface area contributed by atoms with Crippen molar-refractivity contribution in [3.05, 3.63) is 28.2 Å². The zero-order valence-corrected chi connectivity index (χ0v) is 15.0. The molecule has 2 saturated heterocycles. The number of likely N-dealkylation sites (tertiary alicyclic amines) is 1. The van der Waals surface area contributed by atoms with Crippen LogP contribution in [0.2, 0.25) is 10.0 Å². The van der Waals surface area contributed by atoms with E-state index in [-0.39, 0.29) is 23.5 Å². The number of cyclic esters (lactones) is 1. The maximum Gasteiger partial charge on any atom is 0.407 e. The van der Waals surface area contributed by atoms with Crippen LogP contribution >= 0.6 is 23.2 Å². The second-order valence-electron chi connectivity index (χ2n) is 7.08. The average molecular weight is 385 g/mol. The Morgan fingerprint density at radius 1 is 1.36 bits per heavy atom. The highest BCUT2D eigenvalue weighted by atomic mass is 35.5. The molecule has 6 nitrogen and oxygen atoms in total. The molecule has 1 aliphatic carbocycles. The first-order valence-electron chi connectivity index (χ1n) is 8.26. The van der Waals surface area contributed by atoms with Gasteiger partial charge in [0.05, 0.1) is 17.2 Å². The lowest BCUT2D eigenvalue weighted by atomic mass is 9.68. The molecule has 1 saturated carbocycles. The smallest absolute Gasteiger partial charge is 0.407 e. The molecule has 3 fully saturated rings. The van der Waals surface area contributed by atoms with Gasteiger partial charge < -0.3 is 19.7 Å². The van der Waals surface area contributed by atoms with Crippen LogP contribution < -0.4 is 10.1 Å². The van der Waals surface area contributed by atoms with Crippen LogP contribution in [0.15, 0.2) is 18.2 Å². The lowest BCUT2D eigenvalue weighted by Crippen LogP contribution is -2.61. The van der Waals surface area contributed by atoms with Gasteiger partial charge in [-0.25, -0.2) is 4.79 Å². The van der Waals surface area contributed by atoms with Crippen molar-refractivity contribution in [2.75, 3.05) is 26.3 Å². The first kappa shape index (κ1) is 16.8. The summed E-state index contributed by atoms with van der Waals surface area (Å²) < 4.78 is 10.7. The van der Waals surface area contributed by atoms with Gasteiger partial charge in [0.2, 0.25) is 5.91 Å². The number of alkyl carbamates (subject to hydrolysis) is 1. The van der Waals surface area contributed by atoms with Crippen molar-refractivity contribution in [1.29, 1.82) is 0 Å². The molecule has 1 N–H and O–H groups in total.